The van der Waals surface area contributed by atoms with E-state index < -0.39 is 18.2 Å². The maximum atomic E-state index is 12.5. The Bertz CT molecular complexity index is 1100. The van der Waals surface area contributed by atoms with Crippen molar-refractivity contribution in [2.75, 3.05) is 6.61 Å². The first-order chi connectivity index (χ1) is 33.5. The summed E-state index contributed by atoms with van der Waals surface area (Å²) in [6.45, 7) is 4.24. The molecule has 4 N–H and O–H groups in total. The summed E-state index contributed by atoms with van der Waals surface area (Å²) in [6.07, 6.45) is 77.5. The van der Waals surface area contributed by atoms with Crippen molar-refractivity contribution >= 4 is 5.91 Å². The highest BCUT2D eigenvalue weighted by Crippen LogP contribution is 2.17. The molecule has 0 rings (SSSR count). The second-order valence-electron chi connectivity index (χ2n) is 21.0. The Labute approximate surface area is 425 Å². The highest BCUT2D eigenvalue weighted by Gasteiger charge is 2.20. The molecule has 0 radical (unpaired) electrons. The van der Waals surface area contributed by atoms with Gasteiger partial charge in [0.25, 0.3) is 0 Å². The van der Waals surface area contributed by atoms with Gasteiger partial charge in [-0.05, 0) is 64.2 Å². The van der Waals surface area contributed by atoms with Crippen molar-refractivity contribution in [3.8, 4) is 0 Å². The van der Waals surface area contributed by atoms with Crippen LogP contribution in [0.25, 0.3) is 0 Å². The Morgan fingerprint density at radius 3 is 1.03 bits per heavy atom. The average molecular weight is 955 g/mol. The first-order valence-corrected chi connectivity index (χ1v) is 30.4. The molecule has 0 aliphatic heterocycles. The summed E-state index contributed by atoms with van der Waals surface area (Å²) in [5, 5.41) is 33.5. The van der Waals surface area contributed by atoms with Crippen LogP contribution in [0.3, 0.4) is 0 Å². The SMILES string of the molecule is CCCCCCCCCCC/C=C\C/C=C\CCCCCCCCCCCCCCCC(O)CC(=O)NC(CO)C(O)/C=C/CC/C=C/CCCCCCCCCCCCCCCCCCCC. The second-order valence-corrected chi connectivity index (χ2v) is 21.0. The van der Waals surface area contributed by atoms with E-state index in [1.807, 2.05) is 6.08 Å². The van der Waals surface area contributed by atoms with Gasteiger partial charge in [0.05, 0.1) is 31.3 Å². The van der Waals surface area contributed by atoms with E-state index in [9.17, 15) is 20.1 Å². The minimum Gasteiger partial charge on any atom is -0.394 e. The van der Waals surface area contributed by atoms with E-state index in [4.69, 9.17) is 0 Å². The van der Waals surface area contributed by atoms with E-state index in [1.54, 1.807) is 6.08 Å². The smallest absolute Gasteiger partial charge is 0.222 e. The van der Waals surface area contributed by atoms with Gasteiger partial charge in [-0.15, -0.1) is 0 Å². The summed E-state index contributed by atoms with van der Waals surface area (Å²) in [4.78, 5) is 12.5. The summed E-state index contributed by atoms with van der Waals surface area (Å²) in [7, 11) is 0. The third kappa shape index (κ3) is 53.7. The lowest BCUT2D eigenvalue weighted by molar-refractivity contribution is -0.124. The van der Waals surface area contributed by atoms with E-state index in [2.05, 4.69) is 55.6 Å². The molecule has 5 heteroatoms. The molecule has 5 nitrogen and oxygen atoms in total. The zero-order chi connectivity index (χ0) is 49.3. The topological polar surface area (TPSA) is 89.8 Å². The van der Waals surface area contributed by atoms with Crippen LogP contribution in [0.15, 0.2) is 48.6 Å². The van der Waals surface area contributed by atoms with Gasteiger partial charge in [0.1, 0.15) is 0 Å². The van der Waals surface area contributed by atoms with Gasteiger partial charge < -0.3 is 20.6 Å². The maximum Gasteiger partial charge on any atom is 0.222 e. The Morgan fingerprint density at radius 2 is 0.676 bits per heavy atom. The van der Waals surface area contributed by atoms with Crippen molar-refractivity contribution < 1.29 is 20.1 Å². The van der Waals surface area contributed by atoms with Crippen LogP contribution in [0.4, 0.5) is 0 Å². The number of amides is 1. The van der Waals surface area contributed by atoms with Crippen LogP contribution in [-0.4, -0.2) is 46.1 Å². The third-order valence-electron chi connectivity index (χ3n) is 14.1. The summed E-state index contributed by atoms with van der Waals surface area (Å²) in [6, 6.07) is -0.764. The number of allylic oxidation sites excluding steroid dienone is 7. The predicted octanol–water partition coefficient (Wildman–Crippen LogP) is 19.2. The number of aliphatic hydroxyl groups is 3. The minimum atomic E-state index is -0.954. The zero-order valence-electron chi connectivity index (χ0n) is 45.7. The minimum absolute atomic E-state index is 0.00556. The fraction of sp³-hybridized carbons (Fsp3) is 0.857. The molecule has 0 aliphatic carbocycles. The van der Waals surface area contributed by atoms with Gasteiger partial charge in [-0.3, -0.25) is 4.79 Å². The molecule has 0 aromatic carbocycles. The van der Waals surface area contributed by atoms with Gasteiger partial charge in [0, 0.05) is 0 Å². The zero-order valence-corrected chi connectivity index (χ0v) is 45.7. The largest absolute Gasteiger partial charge is 0.394 e. The van der Waals surface area contributed by atoms with E-state index in [-0.39, 0.29) is 18.9 Å². The van der Waals surface area contributed by atoms with Crippen LogP contribution in [0.1, 0.15) is 322 Å². The first kappa shape index (κ1) is 66.3. The Balaban J connectivity index is 3.58. The number of nitrogens with one attached hydrogen (secondary N) is 1. The Kier molecular flexibility index (Phi) is 56.4. The summed E-state index contributed by atoms with van der Waals surface area (Å²) >= 11 is 0. The molecule has 3 unspecified atom stereocenters. The molecule has 0 saturated carbocycles. The van der Waals surface area contributed by atoms with Crippen molar-refractivity contribution in [1.29, 1.82) is 0 Å². The van der Waals surface area contributed by atoms with Gasteiger partial charge in [0.15, 0.2) is 0 Å². The normalized spacial score (nSPS) is 13.5. The number of hydrogen-bond acceptors (Lipinski definition) is 4. The van der Waals surface area contributed by atoms with Crippen molar-refractivity contribution in [1.82, 2.24) is 5.32 Å². The van der Waals surface area contributed by atoms with Gasteiger partial charge in [0.2, 0.25) is 5.91 Å². The van der Waals surface area contributed by atoms with E-state index in [0.29, 0.717) is 6.42 Å². The molecule has 0 fully saturated rings. The summed E-state index contributed by atoms with van der Waals surface area (Å²) in [5.41, 5.74) is 0. The maximum absolute atomic E-state index is 12.5. The lowest BCUT2D eigenvalue weighted by Crippen LogP contribution is -2.45. The van der Waals surface area contributed by atoms with Crippen LogP contribution in [0, 0.1) is 0 Å². The van der Waals surface area contributed by atoms with E-state index >= 15 is 0 Å². The molecular formula is C63H119NO4. The van der Waals surface area contributed by atoms with Crippen molar-refractivity contribution in [3.63, 3.8) is 0 Å². The lowest BCUT2D eigenvalue weighted by atomic mass is 10.0. The number of hydrogen-bond donors (Lipinski definition) is 4. The molecule has 400 valence electrons. The first-order valence-electron chi connectivity index (χ1n) is 30.4. The Hall–Kier alpha value is -1.69. The predicted molar refractivity (Wildman–Crippen MR) is 301 cm³/mol. The molecule has 1 amide bonds. The van der Waals surface area contributed by atoms with Crippen LogP contribution >= 0.6 is 0 Å². The number of unbranched alkanes of at least 4 members (excludes halogenated alkanes) is 41. The molecular weight excluding hydrogens is 835 g/mol. The molecule has 3 atom stereocenters. The Morgan fingerprint density at radius 1 is 0.382 bits per heavy atom. The lowest BCUT2D eigenvalue weighted by Gasteiger charge is -2.21. The van der Waals surface area contributed by atoms with Gasteiger partial charge in [-0.2, -0.15) is 0 Å². The molecule has 0 aromatic rings. The molecule has 0 aliphatic rings. The fourth-order valence-corrected chi connectivity index (χ4v) is 9.45. The van der Waals surface area contributed by atoms with Crippen molar-refractivity contribution in [3.05, 3.63) is 48.6 Å². The average Bonchev–Trinajstić information content (AvgIpc) is 3.33. The highest BCUT2D eigenvalue weighted by molar-refractivity contribution is 5.76. The van der Waals surface area contributed by atoms with Crippen LogP contribution < -0.4 is 5.32 Å². The third-order valence-corrected chi connectivity index (χ3v) is 14.1. The van der Waals surface area contributed by atoms with E-state index in [0.717, 1.165) is 38.5 Å². The molecule has 0 aromatic heterocycles. The van der Waals surface area contributed by atoms with Gasteiger partial charge in [-0.1, -0.05) is 300 Å². The molecule has 68 heavy (non-hydrogen) atoms. The van der Waals surface area contributed by atoms with Crippen molar-refractivity contribution in [2.24, 2.45) is 0 Å². The monoisotopic (exact) mass is 954 g/mol. The fourth-order valence-electron chi connectivity index (χ4n) is 9.45. The van der Waals surface area contributed by atoms with Crippen LogP contribution in [-0.2, 0) is 4.79 Å². The van der Waals surface area contributed by atoms with Gasteiger partial charge in [-0.25, -0.2) is 0 Å². The molecule has 0 spiro atoms. The van der Waals surface area contributed by atoms with E-state index in [1.165, 1.54) is 257 Å². The van der Waals surface area contributed by atoms with Gasteiger partial charge >= 0.3 is 0 Å². The quantitative estimate of drug-likeness (QED) is 0.0361. The van der Waals surface area contributed by atoms with Crippen LogP contribution in [0.5, 0.6) is 0 Å². The number of rotatable bonds is 56. The molecule has 0 saturated heterocycles. The summed E-state index contributed by atoms with van der Waals surface area (Å²) in [5.74, 6) is -0.322. The number of carbonyl (C=O) groups excluding carboxylic acids is 1. The van der Waals surface area contributed by atoms with Crippen LogP contribution in [0.2, 0.25) is 0 Å². The standard InChI is InChI=1S/C63H119NO4/c1-3-5-7-9-11-13-15-17-19-21-23-25-27-29-30-31-32-33-34-36-38-40-42-44-46-48-50-52-54-56-60(66)58-63(68)64-61(59-65)62(67)57-55-53-51-49-47-45-43-41-39-37-35-28-26-24-22-20-18-16-14-12-10-8-6-4-2/h23,25,29-30,47,49,55,57,60-62,65-67H,3-22,24,26-28,31-46,48,50-54,56,58-59H2,1-2H3,(H,64,68)/b25-23-,30-29-,49-47+,57-55+. The molecule has 0 bridgehead atoms. The van der Waals surface area contributed by atoms with Crippen molar-refractivity contribution in [2.45, 2.75) is 340 Å². The number of carbonyl (C=O) groups is 1. The molecule has 0 heterocycles. The highest BCUT2D eigenvalue weighted by atomic mass is 16.3. The number of aliphatic hydroxyl groups excluding tert-OH is 3. The second kappa shape index (κ2) is 57.9. The summed E-state index contributed by atoms with van der Waals surface area (Å²) < 4.78 is 0.